The fourth-order valence-corrected chi connectivity index (χ4v) is 1.60. The molecular formula is C9H16N4O3. The van der Waals surface area contributed by atoms with Crippen LogP contribution in [0.3, 0.4) is 0 Å². The minimum Gasteiger partial charge on any atom is -0.465 e. The molecule has 0 saturated carbocycles. The number of nitrogens with one attached hydrogen (secondary N) is 1. The van der Waals surface area contributed by atoms with Gasteiger partial charge < -0.3 is 9.47 Å². The Balaban J connectivity index is 2.51. The summed E-state index contributed by atoms with van der Waals surface area (Å²) in [6.45, 7) is 3.69. The molecule has 0 spiro atoms. The number of esters is 1. The fourth-order valence-electron chi connectivity index (χ4n) is 1.60. The van der Waals surface area contributed by atoms with E-state index in [1.165, 1.54) is 0 Å². The average molecular weight is 228 g/mol. The molecule has 1 atom stereocenters. The summed E-state index contributed by atoms with van der Waals surface area (Å²) in [5, 5.41) is 6.44. The molecule has 1 aliphatic rings. The van der Waals surface area contributed by atoms with Gasteiger partial charge in [-0.25, -0.2) is 4.79 Å². The predicted molar refractivity (Wildman–Crippen MR) is 56.8 cm³/mol. The van der Waals surface area contributed by atoms with Gasteiger partial charge in [0.2, 0.25) is 0 Å². The maximum Gasteiger partial charge on any atom is 0.328 e. The van der Waals surface area contributed by atoms with Gasteiger partial charge in [-0.2, -0.15) is 0 Å². The van der Waals surface area contributed by atoms with Crippen LogP contribution in [-0.2, 0) is 14.3 Å². The second kappa shape index (κ2) is 6.32. The standard InChI is InChI=1S/C9H16N4O3/c1-2-16-8(14)9(3-6-15-7-9)11-4-5-12-13-10/h11H,2-7H2,1H3. The molecule has 1 heterocycles. The smallest absolute Gasteiger partial charge is 0.328 e. The van der Waals surface area contributed by atoms with Crippen molar-refractivity contribution >= 4 is 5.97 Å². The van der Waals surface area contributed by atoms with Gasteiger partial charge in [-0.15, -0.1) is 0 Å². The number of hydrogen-bond acceptors (Lipinski definition) is 5. The third-order valence-electron chi connectivity index (χ3n) is 2.43. The lowest BCUT2D eigenvalue weighted by molar-refractivity contribution is -0.151. The van der Waals surface area contributed by atoms with Crippen LogP contribution in [-0.4, -0.2) is 44.4 Å². The van der Waals surface area contributed by atoms with E-state index in [-0.39, 0.29) is 5.97 Å². The summed E-state index contributed by atoms with van der Waals surface area (Å²) in [4.78, 5) is 14.4. The lowest BCUT2D eigenvalue weighted by Crippen LogP contribution is -2.54. The van der Waals surface area contributed by atoms with Crippen molar-refractivity contribution in [2.24, 2.45) is 5.11 Å². The van der Waals surface area contributed by atoms with Crippen molar-refractivity contribution in [1.29, 1.82) is 0 Å². The Hall–Kier alpha value is -1.30. The number of azide groups is 1. The van der Waals surface area contributed by atoms with Gasteiger partial charge in [0, 0.05) is 31.0 Å². The summed E-state index contributed by atoms with van der Waals surface area (Å²) >= 11 is 0. The molecule has 0 bridgehead atoms. The molecular weight excluding hydrogens is 212 g/mol. The first-order valence-electron chi connectivity index (χ1n) is 5.26. The molecule has 0 aromatic carbocycles. The lowest BCUT2D eigenvalue weighted by Gasteiger charge is -2.25. The van der Waals surface area contributed by atoms with Crippen LogP contribution in [0.2, 0.25) is 0 Å². The minimum absolute atomic E-state index is 0.298. The van der Waals surface area contributed by atoms with E-state index in [2.05, 4.69) is 15.3 Å². The molecule has 1 rings (SSSR count). The van der Waals surface area contributed by atoms with Crippen LogP contribution < -0.4 is 5.32 Å². The monoisotopic (exact) mass is 228 g/mol. The van der Waals surface area contributed by atoms with E-state index in [1.54, 1.807) is 6.92 Å². The summed E-state index contributed by atoms with van der Waals surface area (Å²) < 4.78 is 10.2. The van der Waals surface area contributed by atoms with Gasteiger partial charge in [0.25, 0.3) is 0 Å². The molecule has 0 aliphatic carbocycles. The lowest BCUT2D eigenvalue weighted by atomic mass is 9.99. The van der Waals surface area contributed by atoms with Crippen molar-refractivity contribution in [3.05, 3.63) is 10.4 Å². The quantitative estimate of drug-likeness (QED) is 0.237. The first kappa shape index (κ1) is 12.8. The molecule has 7 heteroatoms. The van der Waals surface area contributed by atoms with E-state index in [0.29, 0.717) is 39.3 Å². The number of carbonyl (C=O) groups is 1. The van der Waals surface area contributed by atoms with Crippen molar-refractivity contribution in [3.63, 3.8) is 0 Å². The summed E-state index contributed by atoms with van der Waals surface area (Å²) in [5.74, 6) is -0.298. The zero-order chi connectivity index (χ0) is 11.9. The van der Waals surface area contributed by atoms with E-state index in [4.69, 9.17) is 15.0 Å². The van der Waals surface area contributed by atoms with Crippen LogP contribution in [0.15, 0.2) is 5.11 Å². The summed E-state index contributed by atoms with van der Waals surface area (Å²) in [6, 6.07) is 0. The Morgan fingerprint density at radius 3 is 3.12 bits per heavy atom. The van der Waals surface area contributed by atoms with Crippen LogP contribution >= 0.6 is 0 Å². The van der Waals surface area contributed by atoms with E-state index >= 15 is 0 Å². The number of rotatable bonds is 6. The van der Waals surface area contributed by atoms with Gasteiger partial charge in [-0.1, -0.05) is 5.11 Å². The molecule has 16 heavy (non-hydrogen) atoms. The van der Waals surface area contributed by atoms with Crippen molar-refractivity contribution in [2.45, 2.75) is 18.9 Å². The minimum atomic E-state index is -0.763. The maximum atomic E-state index is 11.8. The second-order valence-corrected chi connectivity index (χ2v) is 3.49. The molecule has 0 aromatic heterocycles. The van der Waals surface area contributed by atoms with Crippen LogP contribution in [0.5, 0.6) is 0 Å². The van der Waals surface area contributed by atoms with E-state index in [1.807, 2.05) is 0 Å². The number of hydrogen-bond donors (Lipinski definition) is 1. The number of carbonyl (C=O) groups excluding carboxylic acids is 1. The van der Waals surface area contributed by atoms with Gasteiger partial charge in [-0.05, 0) is 12.5 Å². The Kier molecular flexibility index (Phi) is 5.04. The molecule has 90 valence electrons. The normalized spacial score (nSPS) is 23.8. The zero-order valence-electron chi connectivity index (χ0n) is 9.31. The van der Waals surface area contributed by atoms with Crippen LogP contribution in [0.4, 0.5) is 0 Å². The van der Waals surface area contributed by atoms with Crippen LogP contribution in [0, 0.1) is 0 Å². The Morgan fingerprint density at radius 1 is 1.75 bits per heavy atom. The van der Waals surface area contributed by atoms with Gasteiger partial charge in [0.1, 0.15) is 5.54 Å². The van der Waals surface area contributed by atoms with E-state index < -0.39 is 5.54 Å². The maximum absolute atomic E-state index is 11.8. The highest BCUT2D eigenvalue weighted by Crippen LogP contribution is 2.20. The highest BCUT2D eigenvalue weighted by molar-refractivity contribution is 5.81. The van der Waals surface area contributed by atoms with Crippen molar-refractivity contribution < 1.29 is 14.3 Å². The molecule has 1 unspecified atom stereocenters. The highest BCUT2D eigenvalue weighted by atomic mass is 16.5. The summed E-state index contributed by atoms with van der Waals surface area (Å²) in [6.07, 6.45) is 0.585. The van der Waals surface area contributed by atoms with Gasteiger partial charge in [-0.3, -0.25) is 5.32 Å². The number of nitrogens with zero attached hydrogens (tertiary/aromatic N) is 3. The van der Waals surface area contributed by atoms with Gasteiger partial charge >= 0.3 is 5.97 Å². The number of ether oxygens (including phenoxy) is 2. The highest BCUT2D eigenvalue weighted by Gasteiger charge is 2.43. The Labute approximate surface area is 93.7 Å². The second-order valence-electron chi connectivity index (χ2n) is 3.49. The first-order chi connectivity index (χ1) is 7.75. The van der Waals surface area contributed by atoms with Gasteiger partial charge in [0.05, 0.1) is 13.2 Å². The topological polar surface area (TPSA) is 96.3 Å². The van der Waals surface area contributed by atoms with E-state index in [9.17, 15) is 4.79 Å². The molecule has 0 amide bonds. The zero-order valence-corrected chi connectivity index (χ0v) is 9.31. The average Bonchev–Trinajstić information content (AvgIpc) is 2.75. The summed E-state index contributed by atoms with van der Waals surface area (Å²) in [7, 11) is 0. The van der Waals surface area contributed by atoms with Crippen molar-refractivity contribution in [2.75, 3.05) is 32.9 Å². The summed E-state index contributed by atoms with van der Waals surface area (Å²) in [5.41, 5.74) is 7.37. The third-order valence-corrected chi connectivity index (χ3v) is 2.43. The van der Waals surface area contributed by atoms with E-state index in [0.717, 1.165) is 0 Å². The largest absolute Gasteiger partial charge is 0.465 e. The molecule has 1 N–H and O–H groups in total. The van der Waals surface area contributed by atoms with Crippen LogP contribution in [0.1, 0.15) is 13.3 Å². The fraction of sp³-hybridized carbons (Fsp3) is 0.889. The Morgan fingerprint density at radius 2 is 2.56 bits per heavy atom. The molecule has 1 saturated heterocycles. The third kappa shape index (κ3) is 3.10. The Bertz CT molecular complexity index is 282. The molecule has 0 radical (unpaired) electrons. The molecule has 7 nitrogen and oxygen atoms in total. The molecule has 0 aromatic rings. The van der Waals surface area contributed by atoms with Crippen LogP contribution in [0.25, 0.3) is 10.4 Å². The molecule has 1 fully saturated rings. The van der Waals surface area contributed by atoms with Crippen molar-refractivity contribution in [1.82, 2.24) is 5.32 Å². The van der Waals surface area contributed by atoms with Crippen molar-refractivity contribution in [3.8, 4) is 0 Å². The van der Waals surface area contributed by atoms with Gasteiger partial charge in [0.15, 0.2) is 0 Å². The first-order valence-corrected chi connectivity index (χ1v) is 5.26. The SMILES string of the molecule is CCOC(=O)C1(NCCN=[N+]=[N-])CCOC1. The molecule has 1 aliphatic heterocycles. The predicted octanol–water partition coefficient (Wildman–Crippen LogP) is 0.608.